The molecule has 0 aliphatic heterocycles. The molecule has 71 heavy (non-hydrogen) atoms. The van der Waals surface area contributed by atoms with Crippen molar-refractivity contribution in [2.45, 2.75) is 0 Å². The molecule has 0 unspecified atom stereocenters. The maximum absolute atomic E-state index is 6.72. The summed E-state index contributed by atoms with van der Waals surface area (Å²) in [6.45, 7) is 0. The van der Waals surface area contributed by atoms with E-state index in [1.807, 2.05) is 0 Å². The molecule has 332 valence electrons. The van der Waals surface area contributed by atoms with Crippen LogP contribution in [0.4, 0.5) is 17.1 Å². The molecule has 3 nitrogen and oxygen atoms in total. The van der Waals surface area contributed by atoms with Crippen molar-refractivity contribution in [3.63, 3.8) is 0 Å². The van der Waals surface area contributed by atoms with E-state index < -0.39 is 0 Å². The lowest BCUT2D eigenvalue weighted by Crippen LogP contribution is -2.11. The second-order valence-corrected chi connectivity index (χ2v) is 18.4. The summed E-state index contributed by atoms with van der Waals surface area (Å²) in [6.07, 6.45) is 0. The summed E-state index contributed by atoms with van der Waals surface area (Å²) in [5.74, 6) is 0. The average molecular weight is 905 g/mol. The highest BCUT2D eigenvalue weighted by Gasteiger charge is 2.22. The fraction of sp³-hybridized carbons (Fsp3) is 0. The first-order valence-electron chi connectivity index (χ1n) is 24.3. The Bertz CT molecular complexity index is 4290. The fourth-order valence-corrected chi connectivity index (χ4v) is 11.1. The Balaban J connectivity index is 0.895. The number of nitrogens with zero attached hydrogens (tertiary/aromatic N) is 2. The first-order chi connectivity index (χ1) is 35.2. The number of furan rings is 1. The molecule has 12 aromatic carbocycles. The highest BCUT2D eigenvalue weighted by Crippen LogP contribution is 2.46. The summed E-state index contributed by atoms with van der Waals surface area (Å²) in [6, 6.07) is 96.7. The number of anilines is 3. The SMILES string of the molecule is c1cc(-c2ccc(N(c3ccc(-c4cccc(-n5c6ccccc6c6ccccc65)c4)cc3)c3ccccc3-c3cccc4oc5c6ccccc6ccc5c34)cc2)cc(-c2cccc3ccccc23)c1. The van der Waals surface area contributed by atoms with Gasteiger partial charge in [0.05, 0.1) is 16.7 Å². The van der Waals surface area contributed by atoms with Gasteiger partial charge in [-0.2, -0.15) is 0 Å². The van der Waals surface area contributed by atoms with Gasteiger partial charge < -0.3 is 13.9 Å². The standard InChI is InChI=1S/C68H44N2O/c1-3-22-55-47(15-1)17-13-27-56(55)51-20-11-18-49(43-51)45-33-38-52(39-34-45)69(63-29-8-7-26-60(63)61-28-14-32-66-67(61)62-42-37-48-16-2-4-23-57(48)68(62)71-66)53-40-35-46(36-41-53)50-19-12-21-54(44-50)70-64-30-9-5-24-58(64)59-25-6-10-31-65(59)70/h1-44H. The van der Waals surface area contributed by atoms with Gasteiger partial charge in [0.1, 0.15) is 11.2 Å². The Morgan fingerprint density at radius 1 is 0.310 bits per heavy atom. The molecule has 0 bridgehead atoms. The van der Waals surface area contributed by atoms with Crippen LogP contribution in [0.15, 0.2) is 271 Å². The minimum Gasteiger partial charge on any atom is -0.455 e. The molecule has 2 heterocycles. The summed E-state index contributed by atoms with van der Waals surface area (Å²) < 4.78 is 9.11. The van der Waals surface area contributed by atoms with Gasteiger partial charge in [-0.15, -0.1) is 0 Å². The van der Waals surface area contributed by atoms with Gasteiger partial charge in [-0.05, 0) is 128 Å². The third-order valence-corrected chi connectivity index (χ3v) is 14.4. The van der Waals surface area contributed by atoms with Crippen LogP contribution in [0.3, 0.4) is 0 Å². The molecular formula is C68H44N2O. The van der Waals surface area contributed by atoms with E-state index in [0.717, 1.165) is 83.3 Å². The second kappa shape index (κ2) is 16.7. The first kappa shape index (κ1) is 40.6. The van der Waals surface area contributed by atoms with E-state index in [4.69, 9.17) is 4.42 Å². The molecule has 3 heteroatoms. The smallest absolute Gasteiger partial charge is 0.143 e. The highest BCUT2D eigenvalue weighted by molar-refractivity contribution is 6.20. The monoisotopic (exact) mass is 904 g/mol. The van der Waals surface area contributed by atoms with Crippen LogP contribution in [0, 0.1) is 0 Å². The Morgan fingerprint density at radius 2 is 0.831 bits per heavy atom. The predicted octanol–water partition coefficient (Wildman–Crippen LogP) is 19.1. The van der Waals surface area contributed by atoms with Gasteiger partial charge in [0.15, 0.2) is 0 Å². The number of hydrogen-bond donors (Lipinski definition) is 0. The lowest BCUT2D eigenvalue weighted by Gasteiger charge is -2.28. The molecule has 14 aromatic rings. The van der Waals surface area contributed by atoms with Gasteiger partial charge in [0.25, 0.3) is 0 Å². The van der Waals surface area contributed by atoms with Crippen molar-refractivity contribution in [2.75, 3.05) is 4.90 Å². The van der Waals surface area contributed by atoms with E-state index in [1.165, 1.54) is 49.3 Å². The summed E-state index contributed by atoms with van der Waals surface area (Å²) in [4.78, 5) is 2.40. The number of rotatable bonds is 8. The Kier molecular flexibility index (Phi) is 9.53. The van der Waals surface area contributed by atoms with Crippen molar-refractivity contribution in [1.82, 2.24) is 4.57 Å². The molecule has 0 saturated carbocycles. The van der Waals surface area contributed by atoms with E-state index >= 15 is 0 Å². The molecule has 0 aliphatic carbocycles. The Labute approximate surface area is 411 Å². The molecule has 0 radical (unpaired) electrons. The minimum atomic E-state index is 0.873. The van der Waals surface area contributed by atoms with Crippen molar-refractivity contribution in [3.8, 4) is 50.2 Å². The van der Waals surface area contributed by atoms with E-state index in [0.29, 0.717) is 0 Å². The quantitative estimate of drug-likeness (QED) is 0.151. The number of benzene rings is 12. The Morgan fingerprint density at radius 3 is 1.56 bits per heavy atom. The van der Waals surface area contributed by atoms with Gasteiger partial charge in [-0.3, -0.25) is 0 Å². The zero-order valence-electron chi connectivity index (χ0n) is 38.7. The number of hydrogen-bond acceptors (Lipinski definition) is 2. The molecule has 0 fully saturated rings. The molecule has 0 aliphatic rings. The summed E-state index contributed by atoms with van der Waals surface area (Å²) >= 11 is 0. The molecule has 0 atom stereocenters. The van der Waals surface area contributed by atoms with Crippen LogP contribution >= 0.6 is 0 Å². The largest absolute Gasteiger partial charge is 0.455 e. The lowest BCUT2D eigenvalue weighted by molar-refractivity contribution is 0.673. The molecule has 14 rings (SSSR count). The van der Waals surface area contributed by atoms with Gasteiger partial charge in [0, 0.05) is 49.6 Å². The van der Waals surface area contributed by atoms with E-state index in [2.05, 4.69) is 276 Å². The summed E-state index contributed by atoms with van der Waals surface area (Å²) in [5.41, 5.74) is 17.8. The van der Waals surface area contributed by atoms with E-state index in [9.17, 15) is 0 Å². The number of para-hydroxylation sites is 3. The first-order valence-corrected chi connectivity index (χ1v) is 24.3. The minimum absolute atomic E-state index is 0.873. The Hall–Kier alpha value is -9.44. The zero-order chi connectivity index (χ0) is 46.8. The maximum Gasteiger partial charge on any atom is 0.143 e. The molecule has 0 N–H and O–H groups in total. The third kappa shape index (κ3) is 6.82. The maximum atomic E-state index is 6.72. The average Bonchev–Trinajstić information content (AvgIpc) is 4.00. The zero-order valence-corrected chi connectivity index (χ0v) is 38.7. The van der Waals surface area contributed by atoms with Crippen LogP contribution in [-0.2, 0) is 0 Å². The van der Waals surface area contributed by atoms with Crippen molar-refractivity contribution in [3.05, 3.63) is 267 Å². The third-order valence-electron chi connectivity index (χ3n) is 14.4. The van der Waals surface area contributed by atoms with Crippen molar-refractivity contribution >= 4 is 82.4 Å². The molecule has 2 aromatic heterocycles. The van der Waals surface area contributed by atoms with Crippen LogP contribution in [0.5, 0.6) is 0 Å². The van der Waals surface area contributed by atoms with Crippen LogP contribution in [-0.4, -0.2) is 4.57 Å². The van der Waals surface area contributed by atoms with Gasteiger partial charge in [-0.1, -0.05) is 194 Å². The van der Waals surface area contributed by atoms with Crippen LogP contribution in [0.25, 0.3) is 115 Å². The van der Waals surface area contributed by atoms with Gasteiger partial charge in [0.2, 0.25) is 0 Å². The van der Waals surface area contributed by atoms with Crippen LogP contribution in [0.2, 0.25) is 0 Å². The lowest BCUT2D eigenvalue weighted by atomic mass is 9.95. The fourth-order valence-electron chi connectivity index (χ4n) is 11.1. The summed E-state index contributed by atoms with van der Waals surface area (Å²) in [7, 11) is 0. The van der Waals surface area contributed by atoms with Crippen molar-refractivity contribution < 1.29 is 4.42 Å². The van der Waals surface area contributed by atoms with Gasteiger partial charge in [-0.25, -0.2) is 0 Å². The van der Waals surface area contributed by atoms with Gasteiger partial charge >= 0.3 is 0 Å². The van der Waals surface area contributed by atoms with Crippen LogP contribution in [0.1, 0.15) is 0 Å². The van der Waals surface area contributed by atoms with E-state index in [1.54, 1.807) is 0 Å². The predicted molar refractivity (Wildman–Crippen MR) is 299 cm³/mol. The number of fused-ring (bicyclic) bond motifs is 9. The molecule has 0 amide bonds. The molecule has 0 saturated heterocycles. The van der Waals surface area contributed by atoms with Crippen molar-refractivity contribution in [1.29, 1.82) is 0 Å². The molecule has 0 spiro atoms. The van der Waals surface area contributed by atoms with Crippen molar-refractivity contribution in [2.24, 2.45) is 0 Å². The summed E-state index contributed by atoms with van der Waals surface area (Å²) in [5, 5.41) is 9.51. The molecular weight excluding hydrogens is 861 g/mol. The second-order valence-electron chi connectivity index (χ2n) is 18.4. The number of aromatic nitrogens is 1. The van der Waals surface area contributed by atoms with E-state index in [-0.39, 0.29) is 0 Å². The highest BCUT2D eigenvalue weighted by atomic mass is 16.3. The topological polar surface area (TPSA) is 21.3 Å². The van der Waals surface area contributed by atoms with Crippen LogP contribution < -0.4 is 4.90 Å². The normalized spacial score (nSPS) is 11.7.